The summed E-state index contributed by atoms with van der Waals surface area (Å²) in [6, 6.07) is 55.1. The van der Waals surface area contributed by atoms with Crippen LogP contribution in [-0.4, -0.2) is 24.9 Å². The van der Waals surface area contributed by atoms with E-state index in [-0.39, 0.29) is 16.6 Å². The molecule has 5 heteroatoms. The standard InChI is InChI=1S/C53H46N4O/c1-52(2,3)40-31-44(50(58)45(32-40)53(4,5)6)51-55-49-43(25-17-27-47(49)57(51)46-26-16-15-23-41(46)35-20-11-8-12-21-35)38-28-37(34-18-9-7-10-19-34)29-39(30-38)48-42-24-14-13-22-36(42)33-54-56-48/h7-33,58H,1-6H3. The van der Waals surface area contributed by atoms with Crippen LogP contribution in [0.15, 0.2) is 164 Å². The van der Waals surface area contributed by atoms with Crippen molar-refractivity contribution in [2.24, 2.45) is 0 Å². The fourth-order valence-corrected chi connectivity index (χ4v) is 8.06. The van der Waals surface area contributed by atoms with Gasteiger partial charge in [-0.1, -0.05) is 163 Å². The topological polar surface area (TPSA) is 63.8 Å². The summed E-state index contributed by atoms with van der Waals surface area (Å²) in [6.07, 6.45) is 1.82. The van der Waals surface area contributed by atoms with E-state index in [1.165, 1.54) is 0 Å². The third-order valence-corrected chi connectivity index (χ3v) is 11.1. The maximum absolute atomic E-state index is 12.4. The maximum atomic E-state index is 12.4. The number of aromatic nitrogens is 4. The Kier molecular flexibility index (Phi) is 9.04. The SMILES string of the molecule is CC(C)(C)c1cc(-c2nc3c(-c4cc(-c5ccccc5)cc(-c5nncc6ccccc56)c4)cccc3n2-c2ccccc2-c2ccccc2)c(O)c(C(C)(C)C)c1. The molecule has 0 atom stereocenters. The minimum absolute atomic E-state index is 0.175. The van der Waals surface area contributed by atoms with Crippen LogP contribution in [0.2, 0.25) is 0 Å². The highest BCUT2D eigenvalue weighted by atomic mass is 16.3. The van der Waals surface area contributed by atoms with Gasteiger partial charge in [-0.15, -0.1) is 5.10 Å². The first kappa shape index (κ1) is 36.8. The highest BCUT2D eigenvalue weighted by Gasteiger charge is 2.29. The molecule has 9 aromatic rings. The van der Waals surface area contributed by atoms with E-state index in [9.17, 15) is 5.11 Å². The number of hydrogen-bond donors (Lipinski definition) is 1. The molecule has 0 aliphatic carbocycles. The normalized spacial score (nSPS) is 12.0. The van der Waals surface area contributed by atoms with Crippen molar-refractivity contribution >= 4 is 21.8 Å². The summed E-state index contributed by atoms with van der Waals surface area (Å²) in [5.74, 6) is 0.929. The third kappa shape index (κ3) is 6.62. The van der Waals surface area contributed by atoms with Crippen LogP contribution in [0.1, 0.15) is 52.7 Å². The molecule has 0 saturated heterocycles. The number of phenols is 1. The minimum atomic E-state index is -0.317. The monoisotopic (exact) mass is 754 g/mol. The van der Waals surface area contributed by atoms with Gasteiger partial charge in [0.25, 0.3) is 0 Å². The largest absolute Gasteiger partial charge is 0.507 e. The highest BCUT2D eigenvalue weighted by molar-refractivity contribution is 6.00. The molecule has 0 saturated carbocycles. The molecule has 0 unspecified atom stereocenters. The van der Waals surface area contributed by atoms with Crippen LogP contribution in [0.25, 0.3) is 83.5 Å². The van der Waals surface area contributed by atoms with Gasteiger partial charge in [-0.3, -0.25) is 4.57 Å². The van der Waals surface area contributed by atoms with Crippen molar-refractivity contribution in [2.75, 3.05) is 0 Å². The van der Waals surface area contributed by atoms with E-state index in [1.807, 2.05) is 30.5 Å². The maximum Gasteiger partial charge on any atom is 0.149 e. The molecule has 2 aromatic heterocycles. The Morgan fingerprint density at radius 3 is 1.90 bits per heavy atom. The molecule has 1 N–H and O–H groups in total. The summed E-state index contributed by atoms with van der Waals surface area (Å²) in [4.78, 5) is 5.61. The van der Waals surface area contributed by atoms with Crippen LogP contribution < -0.4 is 0 Å². The number of hydrogen-bond acceptors (Lipinski definition) is 4. The number of phenolic OH excluding ortho intramolecular Hbond substituents is 1. The first-order valence-electron chi connectivity index (χ1n) is 19.9. The summed E-state index contributed by atoms with van der Waals surface area (Å²) in [6.45, 7) is 13.1. The number of para-hydroxylation sites is 2. The Bertz CT molecular complexity index is 2960. The lowest BCUT2D eigenvalue weighted by atomic mass is 9.79. The van der Waals surface area contributed by atoms with Gasteiger partial charge in [-0.2, -0.15) is 5.10 Å². The fourth-order valence-electron chi connectivity index (χ4n) is 8.06. The van der Waals surface area contributed by atoms with Crippen molar-refractivity contribution in [1.29, 1.82) is 0 Å². The molecule has 2 heterocycles. The zero-order valence-corrected chi connectivity index (χ0v) is 33.8. The molecule has 0 fully saturated rings. The summed E-state index contributed by atoms with van der Waals surface area (Å²) in [5.41, 5.74) is 13.1. The zero-order chi connectivity index (χ0) is 40.2. The van der Waals surface area contributed by atoms with Gasteiger partial charge in [-0.25, -0.2) is 4.98 Å². The lowest BCUT2D eigenvalue weighted by Crippen LogP contribution is -2.17. The molecule has 0 radical (unpaired) electrons. The predicted octanol–water partition coefficient (Wildman–Crippen LogP) is 13.6. The molecule has 58 heavy (non-hydrogen) atoms. The molecule has 9 rings (SSSR count). The van der Waals surface area contributed by atoms with Gasteiger partial charge in [0.2, 0.25) is 0 Å². The third-order valence-electron chi connectivity index (χ3n) is 11.1. The van der Waals surface area contributed by atoms with Crippen molar-refractivity contribution in [3.8, 4) is 67.5 Å². The van der Waals surface area contributed by atoms with Gasteiger partial charge in [0.1, 0.15) is 17.3 Å². The Hall–Kier alpha value is -6.85. The van der Waals surface area contributed by atoms with Crippen LogP contribution >= 0.6 is 0 Å². The lowest BCUT2D eigenvalue weighted by molar-refractivity contribution is 0.446. The fraction of sp³-hybridized carbons (Fsp3) is 0.151. The van der Waals surface area contributed by atoms with Crippen LogP contribution in [0.3, 0.4) is 0 Å². The molecule has 0 spiro atoms. The van der Waals surface area contributed by atoms with Crippen LogP contribution in [-0.2, 0) is 10.8 Å². The van der Waals surface area contributed by atoms with Crippen molar-refractivity contribution in [3.05, 3.63) is 175 Å². The Morgan fingerprint density at radius 1 is 0.517 bits per heavy atom. The number of imidazole rings is 1. The van der Waals surface area contributed by atoms with Crippen molar-refractivity contribution in [3.63, 3.8) is 0 Å². The number of rotatable bonds is 6. The molecular weight excluding hydrogens is 709 g/mol. The molecular formula is C53H46N4O. The number of aromatic hydroxyl groups is 1. The van der Waals surface area contributed by atoms with E-state index < -0.39 is 0 Å². The Labute approximate surface area is 340 Å². The van der Waals surface area contributed by atoms with Crippen LogP contribution in [0.4, 0.5) is 0 Å². The van der Waals surface area contributed by atoms with Gasteiger partial charge in [0, 0.05) is 33.0 Å². The van der Waals surface area contributed by atoms with E-state index >= 15 is 0 Å². The smallest absolute Gasteiger partial charge is 0.149 e. The van der Waals surface area contributed by atoms with Gasteiger partial charge >= 0.3 is 0 Å². The molecule has 5 nitrogen and oxygen atoms in total. The minimum Gasteiger partial charge on any atom is -0.507 e. The summed E-state index contributed by atoms with van der Waals surface area (Å²) in [5, 5.41) is 23.6. The molecule has 0 bridgehead atoms. The summed E-state index contributed by atoms with van der Waals surface area (Å²) in [7, 11) is 0. The molecule has 0 aliphatic heterocycles. The van der Waals surface area contributed by atoms with E-state index in [2.05, 4.69) is 185 Å². The lowest BCUT2D eigenvalue weighted by Gasteiger charge is -2.27. The van der Waals surface area contributed by atoms with Gasteiger partial charge in [0.15, 0.2) is 0 Å². The second-order valence-corrected chi connectivity index (χ2v) is 17.2. The second kappa shape index (κ2) is 14.3. The van der Waals surface area contributed by atoms with Crippen molar-refractivity contribution in [2.45, 2.75) is 52.4 Å². The summed E-state index contributed by atoms with van der Waals surface area (Å²) < 4.78 is 2.24. The molecule has 0 aliphatic rings. The molecule has 0 amide bonds. The van der Waals surface area contributed by atoms with Crippen LogP contribution in [0, 0.1) is 0 Å². The zero-order valence-electron chi connectivity index (χ0n) is 33.8. The number of benzene rings is 7. The Balaban J connectivity index is 1.38. The number of nitrogens with zero attached hydrogens (tertiary/aromatic N) is 4. The van der Waals surface area contributed by atoms with Gasteiger partial charge in [-0.05, 0) is 75.0 Å². The quantitative estimate of drug-likeness (QED) is 0.184. The van der Waals surface area contributed by atoms with E-state index in [1.54, 1.807) is 0 Å². The summed E-state index contributed by atoms with van der Waals surface area (Å²) >= 11 is 0. The Morgan fingerprint density at radius 2 is 1.16 bits per heavy atom. The highest BCUT2D eigenvalue weighted by Crippen LogP contribution is 2.46. The number of fused-ring (bicyclic) bond motifs is 2. The first-order chi connectivity index (χ1) is 28.0. The first-order valence-corrected chi connectivity index (χ1v) is 19.9. The molecule has 7 aromatic carbocycles. The average Bonchev–Trinajstić information content (AvgIpc) is 3.62. The van der Waals surface area contributed by atoms with Crippen molar-refractivity contribution < 1.29 is 5.11 Å². The van der Waals surface area contributed by atoms with Crippen LogP contribution in [0.5, 0.6) is 5.75 Å². The van der Waals surface area contributed by atoms with E-state index in [4.69, 9.17) is 10.1 Å². The van der Waals surface area contributed by atoms with Gasteiger partial charge in [0.05, 0.1) is 28.5 Å². The van der Waals surface area contributed by atoms with Crippen molar-refractivity contribution in [1.82, 2.24) is 19.7 Å². The second-order valence-electron chi connectivity index (χ2n) is 17.2. The van der Waals surface area contributed by atoms with E-state index in [0.29, 0.717) is 11.4 Å². The molecule has 284 valence electrons. The van der Waals surface area contributed by atoms with Gasteiger partial charge < -0.3 is 5.11 Å². The van der Waals surface area contributed by atoms with E-state index in [0.717, 1.165) is 83.3 Å². The average molecular weight is 755 g/mol. The predicted molar refractivity (Wildman–Crippen MR) is 240 cm³/mol.